The Hall–Kier alpha value is -2.94. The second kappa shape index (κ2) is 9.71. The Morgan fingerprint density at radius 1 is 1.07 bits per heavy atom. The second-order valence-corrected chi connectivity index (χ2v) is 9.06. The summed E-state index contributed by atoms with van der Waals surface area (Å²) in [4.78, 5) is 24.3. The zero-order valence-corrected chi connectivity index (χ0v) is 18.1. The number of sulfonamides is 1. The van der Waals surface area contributed by atoms with Crippen molar-refractivity contribution in [3.63, 3.8) is 0 Å². The maximum Gasteiger partial charge on any atom is 0.337 e. The molecule has 1 unspecified atom stereocenters. The number of hydrogen-bond donors (Lipinski definition) is 1. The minimum atomic E-state index is -3.77. The van der Waals surface area contributed by atoms with E-state index in [9.17, 15) is 22.4 Å². The van der Waals surface area contributed by atoms with Crippen molar-refractivity contribution < 1.29 is 27.1 Å². The first-order chi connectivity index (χ1) is 14.0. The molecule has 0 aliphatic carbocycles. The molecule has 7 nitrogen and oxygen atoms in total. The summed E-state index contributed by atoms with van der Waals surface area (Å²) in [6, 6.07) is 11.1. The molecule has 0 saturated heterocycles. The molecule has 1 atom stereocenters. The Labute approximate surface area is 175 Å². The number of anilines is 1. The molecule has 9 heteroatoms. The quantitative estimate of drug-likeness (QED) is 0.643. The third-order valence-corrected chi connectivity index (χ3v) is 5.62. The van der Waals surface area contributed by atoms with Crippen LogP contribution in [0.25, 0.3) is 0 Å². The molecule has 0 fully saturated rings. The van der Waals surface area contributed by atoms with E-state index < -0.39 is 34.5 Å². The standard InChI is InChI=1S/C21H25FN2O5S/c1-14(2)20(15-5-9-17(22)10-6-15)23-19(25)13-24(30(4,27)28)18-11-7-16(8-12-18)21(26)29-3/h5-12,14,20H,13H2,1-4H3,(H,23,25). The zero-order valence-electron chi connectivity index (χ0n) is 17.3. The van der Waals surface area contributed by atoms with Crippen LogP contribution in [0.1, 0.15) is 35.8 Å². The van der Waals surface area contributed by atoms with Gasteiger partial charge in [0.15, 0.2) is 0 Å². The number of amides is 1. The first-order valence-corrected chi connectivity index (χ1v) is 11.1. The predicted octanol–water partition coefficient (Wildman–Crippen LogP) is 2.89. The van der Waals surface area contributed by atoms with Crippen molar-refractivity contribution >= 4 is 27.6 Å². The zero-order chi connectivity index (χ0) is 22.5. The van der Waals surface area contributed by atoms with Gasteiger partial charge in [0.25, 0.3) is 0 Å². The second-order valence-electron chi connectivity index (χ2n) is 7.15. The maximum atomic E-state index is 13.2. The van der Waals surface area contributed by atoms with Gasteiger partial charge in [0, 0.05) is 0 Å². The highest BCUT2D eigenvalue weighted by Crippen LogP contribution is 2.23. The molecule has 0 bridgehead atoms. The molecule has 0 aliphatic heterocycles. The summed E-state index contributed by atoms with van der Waals surface area (Å²) in [7, 11) is -2.53. The van der Waals surface area contributed by atoms with Gasteiger partial charge in [0.1, 0.15) is 12.4 Å². The van der Waals surface area contributed by atoms with Gasteiger partial charge in [-0.05, 0) is 47.9 Å². The summed E-state index contributed by atoms with van der Waals surface area (Å²) < 4.78 is 43.4. The molecule has 30 heavy (non-hydrogen) atoms. The number of hydrogen-bond acceptors (Lipinski definition) is 5. The number of halogens is 1. The Kier molecular flexibility index (Phi) is 7.55. The van der Waals surface area contributed by atoms with E-state index in [-0.39, 0.29) is 23.0 Å². The fourth-order valence-corrected chi connectivity index (χ4v) is 3.79. The van der Waals surface area contributed by atoms with E-state index in [0.29, 0.717) is 5.56 Å². The Morgan fingerprint density at radius 3 is 2.10 bits per heavy atom. The monoisotopic (exact) mass is 436 g/mol. The molecular formula is C21H25FN2O5S. The van der Waals surface area contributed by atoms with E-state index in [0.717, 1.165) is 10.6 Å². The number of ether oxygens (including phenoxy) is 1. The fourth-order valence-electron chi connectivity index (χ4n) is 2.94. The summed E-state index contributed by atoms with van der Waals surface area (Å²) in [5.41, 5.74) is 1.21. The molecule has 0 spiro atoms. The molecule has 0 heterocycles. The lowest BCUT2D eigenvalue weighted by molar-refractivity contribution is -0.120. The van der Waals surface area contributed by atoms with Crippen LogP contribution in [-0.4, -0.2) is 40.2 Å². The third-order valence-electron chi connectivity index (χ3n) is 4.48. The van der Waals surface area contributed by atoms with Gasteiger partial charge in [-0.25, -0.2) is 17.6 Å². The van der Waals surface area contributed by atoms with Crippen molar-refractivity contribution in [2.24, 2.45) is 5.92 Å². The minimum Gasteiger partial charge on any atom is -0.465 e. The van der Waals surface area contributed by atoms with Crippen LogP contribution in [0, 0.1) is 11.7 Å². The molecular weight excluding hydrogens is 411 g/mol. The molecule has 0 aromatic heterocycles. The van der Waals surface area contributed by atoms with E-state index in [1.807, 2.05) is 13.8 Å². The van der Waals surface area contributed by atoms with Crippen LogP contribution in [-0.2, 0) is 19.6 Å². The number of nitrogens with one attached hydrogen (secondary N) is 1. The summed E-state index contributed by atoms with van der Waals surface area (Å²) in [5, 5.41) is 2.82. The molecule has 1 amide bonds. The van der Waals surface area contributed by atoms with Crippen molar-refractivity contribution in [3.8, 4) is 0 Å². The molecule has 0 aliphatic rings. The molecule has 2 aromatic rings. The van der Waals surface area contributed by atoms with Gasteiger partial charge in [0.2, 0.25) is 15.9 Å². The largest absolute Gasteiger partial charge is 0.465 e. The highest BCUT2D eigenvalue weighted by atomic mass is 32.2. The molecule has 0 radical (unpaired) electrons. The van der Waals surface area contributed by atoms with E-state index in [2.05, 4.69) is 10.1 Å². The van der Waals surface area contributed by atoms with Crippen LogP contribution in [0.15, 0.2) is 48.5 Å². The highest BCUT2D eigenvalue weighted by molar-refractivity contribution is 7.92. The van der Waals surface area contributed by atoms with E-state index >= 15 is 0 Å². The van der Waals surface area contributed by atoms with Crippen molar-refractivity contribution in [1.29, 1.82) is 0 Å². The highest BCUT2D eigenvalue weighted by Gasteiger charge is 2.24. The van der Waals surface area contributed by atoms with E-state index in [4.69, 9.17) is 0 Å². The topological polar surface area (TPSA) is 92.8 Å². The first kappa shape index (κ1) is 23.3. The van der Waals surface area contributed by atoms with Gasteiger partial charge in [0.05, 0.1) is 30.7 Å². The maximum absolute atomic E-state index is 13.2. The number of rotatable bonds is 8. The van der Waals surface area contributed by atoms with Crippen LogP contribution >= 0.6 is 0 Å². The molecule has 162 valence electrons. The summed E-state index contributed by atoms with van der Waals surface area (Å²) in [5.74, 6) is -1.46. The van der Waals surface area contributed by atoms with Crippen molar-refractivity contribution in [2.45, 2.75) is 19.9 Å². The summed E-state index contributed by atoms with van der Waals surface area (Å²) in [6.45, 7) is 3.35. The van der Waals surface area contributed by atoms with Crippen LogP contribution in [0.3, 0.4) is 0 Å². The minimum absolute atomic E-state index is 0.00886. The van der Waals surface area contributed by atoms with Gasteiger partial charge >= 0.3 is 5.97 Å². The average Bonchev–Trinajstić information content (AvgIpc) is 2.69. The number of esters is 1. The molecule has 1 N–H and O–H groups in total. The van der Waals surface area contributed by atoms with Crippen molar-refractivity contribution in [1.82, 2.24) is 5.32 Å². The number of carbonyl (C=O) groups is 2. The first-order valence-electron chi connectivity index (χ1n) is 9.24. The molecule has 2 rings (SSSR count). The average molecular weight is 437 g/mol. The lowest BCUT2D eigenvalue weighted by Crippen LogP contribution is -2.42. The number of benzene rings is 2. The number of methoxy groups -OCH3 is 1. The Morgan fingerprint density at radius 2 is 1.63 bits per heavy atom. The van der Waals surface area contributed by atoms with Crippen LogP contribution in [0.2, 0.25) is 0 Å². The lowest BCUT2D eigenvalue weighted by Gasteiger charge is -2.26. The van der Waals surface area contributed by atoms with Crippen LogP contribution < -0.4 is 9.62 Å². The van der Waals surface area contributed by atoms with Crippen LogP contribution in [0.5, 0.6) is 0 Å². The van der Waals surface area contributed by atoms with Gasteiger partial charge in [-0.1, -0.05) is 26.0 Å². The van der Waals surface area contributed by atoms with Gasteiger partial charge in [-0.3, -0.25) is 9.10 Å². The summed E-state index contributed by atoms with van der Waals surface area (Å²) >= 11 is 0. The fraction of sp³-hybridized carbons (Fsp3) is 0.333. The normalized spacial score (nSPS) is 12.3. The van der Waals surface area contributed by atoms with E-state index in [1.165, 1.54) is 43.5 Å². The van der Waals surface area contributed by atoms with Gasteiger partial charge in [-0.15, -0.1) is 0 Å². The van der Waals surface area contributed by atoms with Crippen LogP contribution in [0.4, 0.5) is 10.1 Å². The van der Waals surface area contributed by atoms with E-state index in [1.54, 1.807) is 12.1 Å². The molecule has 2 aromatic carbocycles. The number of nitrogens with zero attached hydrogens (tertiary/aromatic N) is 1. The lowest BCUT2D eigenvalue weighted by atomic mass is 9.96. The molecule has 0 saturated carbocycles. The van der Waals surface area contributed by atoms with Gasteiger partial charge in [-0.2, -0.15) is 0 Å². The summed E-state index contributed by atoms with van der Waals surface area (Å²) in [6.07, 6.45) is 0.994. The predicted molar refractivity (Wildman–Crippen MR) is 112 cm³/mol. The number of carbonyl (C=O) groups excluding carboxylic acids is 2. The third kappa shape index (κ3) is 6.03. The Bertz CT molecular complexity index is 989. The van der Waals surface area contributed by atoms with Crippen molar-refractivity contribution in [2.75, 3.05) is 24.2 Å². The Balaban J connectivity index is 2.22. The van der Waals surface area contributed by atoms with Crippen molar-refractivity contribution in [3.05, 3.63) is 65.5 Å². The van der Waals surface area contributed by atoms with Gasteiger partial charge < -0.3 is 10.1 Å². The SMILES string of the molecule is COC(=O)c1ccc(N(CC(=O)NC(c2ccc(F)cc2)C(C)C)S(C)(=O)=O)cc1. The smallest absolute Gasteiger partial charge is 0.337 e.